The summed E-state index contributed by atoms with van der Waals surface area (Å²) in [7, 11) is 0. The number of hydrogen-bond acceptors (Lipinski definition) is 2. The molecular weight excluding hydrogens is 226 g/mol. The Labute approximate surface area is 108 Å². The highest BCUT2D eigenvalue weighted by atomic mass is 16.2. The Morgan fingerprint density at radius 1 is 1.50 bits per heavy atom. The van der Waals surface area contributed by atoms with Crippen LogP contribution in [-0.2, 0) is 10.2 Å². The summed E-state index contributed by atoms with van der Waals surface area (Å²) in [5, 5.41) is 9.36. The fraction of sp³-hybridized carbons (Fsp3) is 0.571. The van der Waals surface area contributed by atoms with Crippen LogP contribution in [0.25, 0.3) is 0 Å². The van der Waals surface area contributed by atoms with Crippen LogP contribution in [0.4, 0.5) is 5.82 Å². The van der Waals surface area contributed by atoms with E-state index in [9.17, 15) is 10.1 Å². The van der Waals surface area contributed by atoms with Gasteiger partial charge in [0.15, 0.2) is 0 Å². The second-order valence-electron chi connectivity index (χ2n) is 5.97. The van der Waals surface area contributed by atoms with E-state index in [1.165, 1.54) is 0 Å². The molecular formula is C14H19N3O. The lowest BCUT2D eigenvalue weighted by molar-refractivity contribution is -0.119. The Hall–Kier alpha value is -1.76. The molecule has 1 saturated heterocycles. The van der Waals surface area contributed by atoms with Gasteiger partial charge in [0.1, 0.15) is 11.9 Å². The average molecular weight is 245 g/mol. The van der Waals surface area contributed by atoms with Crippen LogP contribution in [0, 0.1) is 17.2 Å². The van der Waals surface area contributed by atoms with Crippen molar-refractivity contribution in [2.24, 2.45) is 5.92 Å². The molecule has 1 atom stereocenters. The molecule has 18 heavy (non-hydrogen) atoms. The first-order valence-corrected chi connectivity index (χ1v) is 6.29. The first-order chi connectivity index (χ1) is 8.36. The lowest BCUT2D eigenvalue weighted by Crippen LogP contribution is -2.27. The smallest absolute Gasteiger partial charge is 0.231 e. The molecule has 0 radical (unpaired) electrons. The standard InChI is InChI=1S/C14H19N3O/c1-9-5-6-17(13(9)18)12-10(7-15)11(8-16-12)14(2,3)4/h8-9,16H,5-6H2,1-4H3. The number of hydrogen-bond donors (Lipinski definition) is 1. The number of H-pyrrole nitrogens is 1. The van der Waals surface area contributed by atoms with E-state index in [-0.39, 0.29) is 17.2 Å². The molecule has 96 valence electrons. The Bertz CT molecular complexity index is 516. The number of amides is 1. The largest absolute Gasteiger partial charge is 0.347 e. The lowest BCUT2D eigenvalue weighted by atomic mass is 9.86. The van der Waals surface area contributed by atoms with Crippen molar-refractivity contribution in [1.29, 1.82) is 5.26 Å². The molecule has 4 nitrogen and oxygen atoms in total. The summed E-state index contributed by atoms with van der Waals surface area (Å²) in [6.07, 6.45) is 2.71. The number of aromatic amines is 1. The van der Waals surface area contributed by atoms with E-state index >= 15 is 0 Å². The fourth-order valence-electron chi connectivity index (χ4n) is 2.37. The van der Waals surface area contributed by atoms with Gasteiger partial charge in [0.05, 0.1) is 5.56 Å². The second kappa shape index (κ2) is 4.16. The zero-order valence-electron chi connectivity index (χ0n) is 11.4. The highest BCUT2D eigenvalue weighted by molar-refractivity contribution is 5.97. The van der Waals surface area contributed by atoms with Crippen molar-refractivity contribution >= 4 is 11.7 Å². The van der Waals surface area contributed by atoms with E-state index in [2.05, 4.69) is 31.8 Å². The minimum atomic E-state index is -0.103. The molecule has 0 spiro atoms. The number of anilines is 1. The topological polar surface area (TPSA) is 59.9 Å². The van der Waals surface area contributed by atoms with Crippen LogP contribution in [0.15, 0.2) is 6.20 Å². The summed E-state index contributed by atoms with van der Waals surface area (Å²) in [5.41, 5.74) is 1.46. The predicted octanol–water partition coefficient (Wildman–Crippen LogP) is 2.56. The molecule has 1 amide bonds. The van der Waals surface area contributed by atoms with Gasteiger partial charge in [-0.2, -0.15) is 5.26 Å². The summed E-state index contributed by atoms with van der Waals surface area (Å²) < 4.78 is 0. The molecule has 0 aliphatic carbocycles. The van der Waals surface area contributed by atoms with Crippen molar-refractivity contribution in [2.75, 3.05) is 11.4 Å². The van der Waals surface area contributed by atoms with Crippen LogP contribution in [0.3, 0.4) is 0 Å². The van der Waals surface area contributed by atoms with Gasteiger partial charge in [-0.15, -0.1) is 0 Å². The van der Waals surface area contributed by atoms with Gasteiger partial charge in [0.2, 0.25) is 5.91 Å². The number of nitrogens with one attached hydrogen (secondary N) is 1. The maximum Gasteiger partial charge on any atom is 0.231 e. The summed E-state index contributed by atoms with van der Waals surface area (Å²) in [6, 6.07) is 2.24. The zero-order chi connectivity index (χ0) is 13.5. The SMILES string of the molecule is CC1CCN(c2[nH]cc(C(C)(C)C)c2C#N)C1=O. The van der Waals surface area contributed by atoms with Crippen molar-refractivity contribution in [3.63, 3.8) is 0 Å². The van der Waals surface area contributed by atoms with Crippen molar-refractivity contribution in [2.45, 2.75) is 39.5 Å². The maximum absolute atomic E-state index is 12.0. The van der Waals surface area contributed by atoms with Crippen LogP contribution >= 0.6 is 0 Å². The number of nitrogens with zero attached hydrogens (tertiary/aromatic N) is 2. The van der Waals surface area contributed by atoms with E-state index in [4.69, 9.17) is 0 Å². The minimum Gasteiger partial charge on any atom is -0.347 e. The molecule has 2 heterocycles. The fourth-order valence-corrected chi connectivity index (χ4v) is 2.37. The van der Waals surface area contributed by atoms with Gasteiger partial charge in [-0.1, -0.05) is 27.7 Å². The molecule has 0 saturated carbocycles. The lowest BCUT2D eigenvalue weighted by Gasteiger charge is -2.19. The second-order valence-corrected chi connectivity index (χ2v) is 5.97. The molecule has 1 unspecified atom stereocenters. The number of carbonyl (C=O) groups excluding carboxylic acids is 1. The molecule has 4 heteroatoms. The molecule has 1 fully saturated rings. The van der Waals surface area contributed by atoms with Crippen molar-refractivity contribution in [1.82, 2.24) is 4.98 Å². The Balaban J connectivity index is 2.45. The van der Waals surface area contributed by atoms with Gasteiger partial charge in [-0.25, -0.2) is 0 Å². The van der Waals surface area contributed by atoms with Gasteiger partial charge in [-0.3, -0.25) is 9.69 Å². The first-order valence-electron chi connectivity index (χ1n) is 6.29. The molecule has 1 aromatic heterocycles. The van der Waals surface area contributed by atoms with Crippen molar-refractivity contribution < 1.29 is 4.79 Å². The van der Waals surface area contributed by atoms with Gasteiger partial charge in [0.25, 0.3) is 0 Å². The molecule has 0 aromatic carbocycles. The molecule has 0 bridgehead atoms. The number of aromatic nitrogens is 1. The normalized spacial score (nSPS) is 20.3. The Morgan fingerprint density at radius 2 is 2.17 bits per heavy atom. The third-order valence-corrected chi connectivity index (χ3v) is 3.52. The van der Waals surface area contributed by atoms with E-state index < -0.39 is 0 Å². The van der Waals surface area contributed by atoms with Gasteiger partial charge >= 0.3 is 0 Å². The monoisotopic (exact) mass is 245 g/mol. The van der Waals surface area contributed by atoms with Crippen LogP contribution in [0.5, 0.6) is 0 Å². The van der Waals surface area contributed by atoms with Crippen LogP contribution in [0.1, 0.15) is 45.2 Å². The van der Waals surface area contributed by atoms with Gasteiger partial charge in [-0.05, 0) is 17.4 Å². The highest BCUT2D eigenvalue weighted by Gasteiger charge is 2.33. The number of rotatable bonds is 1. The quantitative estimate of drug-likeness (QED) is 0.826. The van der Waals surface area contributed by atoms with Gasteiger partial charge < -0.3 is 4.98 Å². The molecule has 1 aromatic rings. The summed E-state index contributed by atoms with van der Waals surface area (Å²) in [4.78, 5) is 16.8. The van der Waals surface area contributed by atoms with E-state index in [0.29, 0.717) is 17.9 Å². The zero-order valence-corrected chi connectivity index (χ0v) is 11.4. The molecule has 1 aliphatic heterocycles. The summed E-state index contributed by atoms with van der Waals surface area (Å²) >= 11 is 0. The van der Waals surface area contributed by atoms with Crippen LogP contribution in [-0.4, -0.2) is 17.4 Å². The summed E-state index contributed by atoms with van der Waals surface area (Å²) in [6.45, 7) is 8.82. The Kier molecular flexibility index (Phi) is 2.94. The number of carbonyl (C=O) groups is 1. The Morgan fingerprint density at radius 3 is 2.61 bits per heavy atom. The van der Waals surface area contributed by atoms with E-state index in [1.807, 2.05) is 13.1 Å². The molecule has 2 rings (SSSR count). The van der Waals surface area contributed by atoms with E-state index in [0.717, 1.165) is 12.0 Å². The maximum atomic E-state index is 12.0. The molecule has 1 aliphatic rings. The van der Waals surface area contributed by atoms with Gasteiger partial charge in [0, 0.05) is 18.7 Å². The number of nitriles is 1. The van der Waals surface area contributed by atoms with Crippen LogP contribution < -0.4 is 4.90 Å². The van der Waals surface area contributed by atoms with Crippen molar-refractivity contribution in [3.8, 4) is 6.07 Å². The minimum absolute atomic E-state index is 0.0536. The van der Waals surface area contributed by atoms with Crippen molar-refractivity contribution in [3.05, 3.63) is 17.3 Å². The molecule has 1 N–H and O–H groups in total. The third-order valence-electron chi connectivity index (χ3n) is 3.52. The first kappa shape index (κ1) is 12.7. The average Bonchev–Trinajstić information content (AvgIpc) is 2.83. The van der Waals surface area contributed by atoms with E-state index in [1.54, 1.807) is 4.90 Å². The van der Waals surface area contributed by atoms with Crippen LogP contribution in [0.2, 0.25) is 0 Å². The summed E-state index contributed by atoms with van der Waals surface area (Å²) in [5.74, 6) is 0.823. The highest BCUT2D eigenvalue weighted by Crippen LogP contribution is 2.34. The predicted molar refractivity (Wildman–Crippen MR) is 70.3 cm³/mol. The third kappa shape index (κ3) is 1.90.